The Morgan fingerprint density at radius 1 is 1.24 bits per heavy atom. The maximum absolute atomic E-state index is 9.11. The van der Waals surface area contributed by atoms with Crippen LogP contribution in [0.2, 0.25) is 0 Å². The Morgan fingerprint density at radius 2 is 2.00 bits per heavy atom. The van der Waals surface area contributed by atoms with E-state index in [4.69, 9.17) is 10.00 Å². The second-order valence-electron chi connectivity index (χ2n) is 5.57. The fourth-order valence-corrected chi connectivity index (χ4v) is 2.93. The van der Waals surface area contributed by atoms with Crippen molar-refractivity contribution in [2.24, 2.45) is 17.8 Å². The standard InChI is InChI=1S/C15H23NO/c1-12-6-2-3-8-14(12)11-17-15-9-5-4-7-13(15)10-16/h2-3,12-15H,4-9,11H2,1H3. The van der Waals surface area contributed by atoms with Crippen LogP contribution in [0.3, 0.4) is 0 Å². The Hall–Kier alpha value is -0.810. The zero-order valence-corrected chi connectivity index (χ0v) is 10.8. The van der Waals surface area contributed by atoms with Gasteiger partial charge >= 0.3 is 0 Å². The SMILES string of the molecule is CC1CC=CCC1COC1CCCCC1C#N. The second kappa shape index (κ2) is 6.21. The number of rotatable bonds is 3. The molecule has 94 valence electrons. The highest BCUT2D eigenvalue weighted by Gasteiger charge is 2.27. The van der Waals surface area contributed by atoms with Crippen LogP contribution in [0.5, 0.6) is 0 Å². The summed E-state index contributed by atoms with van der Waals surface area (Å²) in [5, 5.41) is 9.11. The highest BCUT2D eigenvalue weighted by Crippen LogP contribution is 2.30. The molecule has 0 N–H and O–H groups in total. The van der Waals surface area contributed by atoms with Crippen LogP contribution in [0.25, 0.3) is 0 Å². The van der Waals surface area contributed by atoms with Crippen LogP contribution in [-0.4, -0.2) is 12.7 Å². The summed E-state index contributed by atoms with van der Waals surface area (Å²) >= 11 is 0. The van der Waals surface area contributed by atoms with E-state index < -0.39 is 0 Å². The van der Waals surface area contributed by atoms with E-state index in [-0.39, 0.29) is 12.0 Å². The molecule has 0 aliphatic heterocycles. The van der Waals surface area contributed by atoms with E-state index in [1.807, 2.05) is 0 Å². The van der Waals surface area contributed by atoms with Gasteiger partial charge in [-0.15, -0.1) is 0 Å². The molecular weight excluding hydrogens is 210 g/mol. The van der Waals surface area contributed by atoms with Crippen molar-refractivity contribution in [1.29, 1.82) is 5.26 Å². The molecule has 17 heavy (non-hydrogen) atoms. The summed E-state index contributed by atoms with van der Waals surface area (Å²) in [4.78, 5) is 0. The first-order valence-corrected chi connectivity index (χ1v) is 6.97. The summed E-state index contributed by atoms with van der Waals surface area (Å²) in [7, 11) is 0. The minimum absolute atomic E-state index is 0.137. The van der Waals surface area contributed by atoms with Crippen LogP contribution in [-0.2, 0) is 4.74 Å². The van der Waals surface area contributed by atoms with Gasteiger partial charge in [-0.3, -0.25) is 0 Å². The van der Waals surface area contributed by atoms with Crippen LogP contribution in [0.15, 0.2) is 12.2 Å². The van der Waals surface area contributed by atoms with Crippen molar-refractivity contribution in [3.8, 4) is 6.07 Å². The van der Waals surface area contributed by atoms with Gasteiger partial charge in [0.25, 0.3) is 0 Å². The van der Waals surface area contributed by atoms with E-state index in [9.17, 15) is 0 Å². The van der Waals surface area contributed by atoms with Crippen molar-refractivity contribution in [2.45, 2.75) is 51.6 Å². The Labute approximate surface area is 105 Å². The van der Waals surface area contributed by atoms with E-state index in [0.717, 1.165) is 31.8 Å². The number of nitriles is 1. The summed E-state index contributed by atoms with van der Waals surface area (Å²) in [6, 6.07) is 2.41. The highest BCUT2D eigenvalue weighted by atomic mass is 16.5. The highest BCUT2D eigenvalue weighted by molar-refractivity contribution is 4.94. The predicted molar refractivity (Wildman–Crippen MR) is 68.3 cm³/mol. The minimum Gasteiger partial charge on any atom is -0.377 e. The van der Waals surface area contributed by atoms with Crippen molar-refractivity contribution >= 4 is 0 Å². The van der Waals surface area contributed by atoms with Crippen molar-refractivity contribution in [2.75, 3.05) is 6.61 Å². The molecule has 0 saturated heterocycles. The molecule has 4 unspecified atom stereocenters. The molecule has 1 saturated carbocycles. The van der Waals surface area contributed by atoms with E-state index in [2.05, 4.69) is 25.1 Å². The quantitative estimate of drug-likeness (QED) is 0.696. The van der Waals surface area contributed by atoms with Crippen molar-refractivity contribution in [1.82, 2.24) is 0 Å². The molecule has 2 aliphatic rings. The summed E-state index contributed by atoms with van der Waals surface area (Å²) in [6.07, 6.45) is 11.6. The topological polar surface area (TPSA) is 33.0 Å². The number of hydrogen-bond acceptors (Lipinski definition) is 2. The van der Waals surface area contributed by atoms with Crippen LogP contribution in [0, 0.1) is 29.1 Å². The smallest absolute Gasteiger partial charge is 0.0733 e. The Balaban J connectivity index is 1.80. The van der Waals surface area contributed by atoms with E-state index in [1.165, 1.54) is 19.3 Å². The number of allylic oxidation sites excluding steroid dienone is 2. The third kappa shape index (κ3) is 3.33. The number of nitrogens with zero attached hydrogens (tertiary/aromatic N) is 1. The predicted octanol–water partition coefficient (Wildman–Crippen LogP) is 3.69. The van der Waals surface area contributed by atoms with Gasteiger partial charge < -0.3 is 4.74 Å². The van der Waals surface area contributed by atoms with Gasteiger partial charge in [0.15, 0.2) is 0 Å². The van der Waals surface area contributed by atoms with Crippen molar-refractivity contribution in [3.63, 3.8) is 0 Å². The molecule has 0 aromatic heterocycles. The third-order valence-electron chi connectivity index (χ3n) is 4.31. The fourth-order valence-electron chi connectivity index (χ4n) is 2.93. The minimum atomic E-state index is 0.137. The number of ether oxygens (including phenoxy) is 1. The van der Waals surface area contributed by atoms with Gasteiger partial charge in [-0.1, -0.05) is 31.9 Å². The maximum Gasteiger partial charge on any atom is 0.0733 e. The molecule has 2 nitrogen and oxygen atoms in total. The molecule has 2 heteroatoms. The van der Waals surface area contributed by atoms with Crippen LogP contribution in [0.4, 0.5) is 0 Å². The summed E-state index contributed by atoms with van der Waals surface area (Å²) in [6.45, 7) is 3.15. The van der Waals surface area contributed by atoms with Crippen LogP contribution < -0.4 is 0 Å². The second-order valence-corrected chi connectivity index (χ2v) is 5.57. The molecule has 0 aromatic rings. The lowest BCUT2D eigenvalue weighted by atomic mass is 9.84. The zero-order valence-electron chi connectivity index (χ0n) is 10.8. The molecule has 0 amide bonds. The summed E-state index contributed by atoms with van der Waals surface area (Å²) in [5.74, 6) is 1.52. The van der Waals surface area contributed by atoms with Crippen LogP contribution in [0.1, 0.15) is 45.4 Å². The summed E-state index contributed by atoms with van der Waals surface area (Å²) < 4.78 is 6.04. The first-order chi connectivity index (χ1) is 8.31. The maximum atomic E-state index is 9.11. The number of hydrogen-bond donors (Lipinski definition) is 0. The first-order valence-electron chi connectivity index (χ1n) is 6.97. The lowest BCUT2D eigenvalue weighted by molar-refractivity contribution is -0.0207. The Kier molecular flexibility index (Phi) is 4.62. The van der Waals surface area contributed by atoms with Gasteiger partial charge in [-0.25, -0.2) is 0 Å². The molecule has 0 spiro atoms. The van der Waals surface area contributed by atoms with Gasteiger partial charge in [-0.2, -0.15) is 5.26 Å². The fraction of sp³-hybridized carbons (Fsp3) is 0.800. The van der Waals surface area contributed by atoms with E-state index in [0.29, 0.717) is 5.92 Å². The van der Waals surface area contributed by atoms with Crippen LogP contribution >= 0.6 is 0 Å². The summed E-state index contributed by atoms with van der Waals surface area (Å²) in [5.41, 5.74) is 0. The Bertz CT molecular complexity index is 305. The average Bonchev–Trinajstić information content (AvgIpc) is 2.38. The van der Waals surface area contributed by atoms with Crippen molar-refractivity contribution < 1.29 is 4.74 Å². The third-order valence-corrected chi connectivity index (χ3v) is 4.31. The van der Waals surface area contributed by atoms with Gasteiger partial charge in [0, 0.05) is 0 Å². The molecule has 4 atom stereocenters. The lowest BCUT2D eigenvalue weighted by Gasteiger charge is -2.31. The monoisotopic (exact) mass is 233 g/mol. The van der Waals surface area contributed by atoms with E-state index in [1.54, 1.807) is 0 Å². The molecule has 2 rings (SSSR count). The van der Waals surface area contributed by atoms with Crippen molar-refractivity contribution in [3.05, 3.63) is 12.2 Å². The van der Waals surface area contributed by atoms with Gasteiger partial charge in [0.1, 0.15) is 0 Å². The molecule has 2 aliphatic carbocycles. The molecular formula is C15H23NO. The largest absolute Gasteiger partial charge is 0.377 e. The molecule has 0 bridgehead atoms. The molecule has 0 radical (unpaired) electrons. The zero-order chi connectivity index (χ0) is 12.1. The average molecular weight is 233 g/mol. The molecule has 0 heterocycles. The lowest BCUT2D eigenvalue weighted by Crippen LogP contribution is -2.30. The van der Waals surface area contributed by atoms with Gasteiger partial charge in [0.2, 0.25) is 0 Å². The Morgan fingerprint density at radius 3 is 2.76 bits per heavy atom. The van der Waals surface area contributed by atoms with Gasteiger partial charge in [-0.05, 0) is 37.5 Å². The normalized spacial score (nSPS) is 37.6. The first kappa shape index (κ1) is 12.6. The van der Waals surface area contributed by atoms with E-state index >= 15 is 0 Å². The van der Waals surface area contributed by atoms with Gasteiger partial charge in [0.05, 0.1) is 24.7 Å². The molecule has 1 fully saturated rings. The molecule has 0 aromatic carbocycles.